The van der Waals surface area contributed by atoms with Gasteiger partial charge in [-0.15, -0.1) is 11.8 Å². The SMILES string of the molecule is CSc1cc(NCCC(C)SC)ncn1. The van der Waals surface area contributed by atoms with Gasteiger partial charge in [0.25, 0.3) is 0 Å². The highest BCUT2D eigenvalue weighted by atomic mass is 32.2. The van der Waals surface area contributed by atoms with Gasteiger partial charge in [-0.1, -0.05) is 6.92 Å². The van der Waals surface area contributed by atoms with Crippen LogP contribution in [0.5, 0.6) is 0 Å². The van der Waals surface area contributed by atoms with Gasteiger partial charge in [-0.2, -0.15) is 11.8 Å². The lowest BCUT2D eigenvalue weighted by atomic mass is 10.3. The molecule has 1 unspecified atom stereocenters. The second-order valence-electron chi connectivity index (χ2n) is 3.21. The van der Waals surface area contributed by atoms with Crippen molar-refractivity contribution in [3.8, 4) is 0 Å². The number of aromatic nitrogens is 2. The van der Waals surface area contributed by atoms with Crippen LogP contribution in [0.25, 0.3) is 0 Å². The summed E-state index contributed by atoms with van der Waals surface area (Å²) in [4.78, 5) is 8.29. The molecule has 84 valence electrons. The van der Waals surface area contributed by atoms with Crippen LogP contribution in [0.3, 0.4) is 0 Å². The molecule has 5 heteroatoms. The molecule has 0 aromatic carbocycles. The normalized spacial score (nSPS) is 12.5. The van der Waals surface area contributed by atoms with E-state index in [2.05, 4.69) is 28.5 Å². The molecule has 0 fully saturated rings. The van der Waals surface area contributed by atoms with Crippen LogP contribution in [0.1, 0.15) is 13.3 Å². The average molecular weight is 243 g/mol. The van der Waals surface area contributed by atoms with Gasteiger partial charge in [0.2, 0.25) is 0 Å². The van der Waals surface area contributed by atoms with Crippen molar-refractivity contribution in [1.82, 2.24) is 9.97 Å². The lowest BCUT2D eigenvalue weighted by Crippen LogP contribution is -2.08. The summed E-state index contributed by atoms with van der Waals surface area (Å²) < 4.78 is 0. The number of hydrogen-bond donors (Lipinski definition) is 1. The maximum Gasteiger partial charge on any atom is 0.130 e. The quantitative estimate of drug-likeness (QED) is 0.614. The van der Waals surface area contributed by atoms with Crippen LogP contribution in [-0.4, -0.2) is 34.3 Å². The van der Waals surface area contributed by atoms with E-state index in [1.54, 1.807) is 18.1 Å². The molecule has 0 saturated heterocycles. The molecular formula is C10H17N3S2. The van der Waals surface area contributed by atoms with E-state index in [-0.39, 0.29) is 0 Å². The van der Waals surface area contributed by atoms with Gasteiger partial charge in [0.15, 0.2) is 0 Å². The number of rotatable bonds is 6. The Hall–Kier alpha value is -0.420. The van der Waals surface area contributed by atoms with Gasteiger partial charge in [-0.3, -0.25) is 0 Å². The largest absolute Gasteiger partial charge is 0.370 e. The van der Waals surface area contributed by atoms with Gasteiger partial charge in [-0.25, -0.2) is 9.97 Å². The number of anilines is 1. The minimum atomic E-state index is 0.694. The standard InChI is InChI=1S/C10H17N3S2/c1-8(14-2)4-5-11-9-6-10(15-3)13-7-12-9/h6-8H,4-5H2,1-3H3,(H,11,12,13). The fourth-order valence-corrected chi connectivity index (χ4v) is 1.80. The maximum absolute atomic E-state index is 4.17. The summed E-state index contributed by atoms with van der Waals surface area (Å²) in [5.41, 5.74) is 0. The fraction of sp³-hybridized carbons (Fsp3) is 0.600. The van der Waals surface area contributed by atoms with Crippen LogP contribution in [0.15, 0.2) is 17.4 Å². The Morgan fingerprint density at radius 1 is 1.40 bits per heavy atom. The molecule has 0 spiro atoms. The number of thioether (sulfide) groups is 2. The molecule has 3 nitrogen and oxygen atoms in total. The molecule has 0 amide bonds. The minimum absolute atomic E-state index is 0.694. The Labute approximate surface area is 99.9 Å². The molecule has 1 rings (SSSR count). The zero-order chi connectivity index (χ0) is 11.1. The number of nitrogens with one attached hydrogen (secondary N) is 1. The zero-order valence-electron chi connectivity index (χ0n) is 9.36. The van der Waals surface area contributed by atoms with Crippen molar-refractivity contribution < 1.29 is 0 Å². The number of hydrogen-bond acceptors (Lipinski definition) is 5. The first kappa shape index (κ1) is 12.6. The Morgan fingerprint density at radius 2 is 2.20 bits per heavy atom. The first-order valence-electron chi connectivity index (χ1n) is 4.89. The van der Waals surface area contributed by atoms with E-state index in [0.717, 1.165) is 23.8 Å². The van der Waals surface area contributed by atoms with Crippen LogP contribution in [0, 0.1) is 0 Å². The summed E-state index contributed by atoms with van der Waals surface area (Å²) >= 11 is 3.52. The van der Waals surface area contributed by atoms with Crippen molar-refractivity contribution in [3.63, 3.8) is 0 Å². The Kier molecular flexibility index (Phi) is 5.86. The predicted octanol–water partition coefficient (Wildman–Crippen LogP) is 2.75. The third kappa shape index (κ3) is 4.75. The van der Waals surface area contributed by atoms with Gasteiger partial charge >= 0.3 is 0 Å². The van der Waals surface area contributed by atoms with Crippen molar-refractivity contribution in [2.45, 2.75) is 23.6 Å². The van der Waals surface area contributed by atoms with Crippen LogP contribution in [-0.2, 0) is 0 Å². The molecule has 1 aromatic rings. The molecule has 0 aliphatic carbocycles. The summed E-state index contributed by atoms with van der Waals surface area (Å²) in [6.45, 7) is 3.20. The Bertz CT molecular complexity index is 294. The second-order valence-corrected chi connectivity index (χ2v) is 5.31. The number of nitrogens with zero attached hydrogens (tertiary/aromatic N) is 2. The topological polar surface area (TPSA) is 37.8 Å². The predicted molar refractivity (Wildman–Crippen MR) is 69.9 cm³/mol. The molecule has 1 heterocycles. The van der Waals surface area contributed by atoms with Crippen LogP contribution >= 0.6 is 23.5 Å². The molecular weight excluding hydrogens is 226 g/mol. The molecule has 15 heavy (non-hydrogen) atoms. The van der Waals surface area contributed by atoms with E-state index < -0.39 is 0 Å². The van der Waals surface area contributed by atoms with Gasteiger partial charge in [0.1, 0.15) is 17.2 Å². The van der Waals surface area contributed by atoms with E-state index in [1.807, 2.05) is 24.1 Å². The van der Waals surface area contributed by atoms with Gasteiger partial charge in [0, 0.05) is 17.9 Å². The molecule has 1 N–H and O–H groups in total. The van der Waals surface area contributed by atoms with Crippen LogP contribution in [0.2, 0.25) is 0 Å². The average Bonchev–Trinajstić information content (AvgIpc) is 2.29. The first-order chi connectivity index (χ1) is 7.26. The van der Waals surface area contributed by atoms with Crippen molar-refractivity contribution in [1.29, 1.82) is 0 Å². The minimum Gasteiger partial charge on any atom is -0.370 e. The fourth-order valence-electron chi connectivity index (χ4n) is 1.07. The highest BCUT2D eigenvalue weighted by Crippen LogP contribution is 2.14. The second kappa shape index (κ2) is 6.95. The highest BCUT2D eigenvalue weighted by Gasteiger charge is 2.00. The van der Waals surface area contributed by atoms with E-state index in [4.69, 9.17) is 0 Å². The molecule has 1 aromatic heterocycles. The van der Waals surface area contributed by atoms with Crippen LogP contribution in [0.4, 0.5) is 5.82 Å². The van der Waals surface area contributed by atoms with Crippen LogP contribution < -0.4 is 5.32 Å². The molecule has 0 aliphatic heterocycles. The Morgan fingerprint density at radius 3 is 2.87 bits per heavy atom. The summed E-state index contributed by atoms with van der Waals surface area (Å²) in [5.74, 6) is 0.919. The summed E-state index contributed by atoms with van der Waals surface area (Å²) in [6.07, 6.45) is 6.91. The van der Waals surface area contributed by atoms with E-state index in [9.17, 15) is 0 Å². The lowest BCUT2D eigenvalue weighted by Gasteiger charge is -2.09. The molecule has 0 radical (unpaired) electrons. The summed E-state index contributed by atoms with van der Waals surface area (Å²) in [6, 6.07) is 1.98. The molecule has 0 bridgehead atoms. The smallest absolute Gasteiger partial charge is 0.130 e. The van der Waals surface area contributed by atoms with Gasteiger partial charge < -0.3 is 5.32 Å². The summed E-state index contributed by atoms with van der Waals surface area (Å²) in [7, 11) is 0. The maximum atomic E-state index is 4.17. The third-order valence-corrected chi connectivity index (χ3v) is 3.79. The van der Waals surface area contributed by atoms with Gasteiger partial charge in [0.05, 0.1) is 0 Å². The first-order valence-corrected chi connectivity index (χ1v) is 7.40. The van der Waals surface area contributed by atoms with Gasteiger partial charge in [-0.05, 0) is 18.9 Å². The highest BCUT2D eigenvalue weighted by molar-refractivity contribution is 7.99. The van der Waals surface area contributed by atoms with Crippen molar-refractivity contribution in [2.24, 2.45) is 0 Å². The lowest BCUT2D eigenvalue weighted by molar-refractivity contribution is 0.847. The van der Waals surface area contributed by atoms with E-state index in [0.29, 0.717) is 5.25 Å². The molecule has 0 aliphatic rings. The van der Waals surface area contributed by atoms with Crippen molar-refractivity contribution in [3.05, 3.63) is 12.4 Å². The Balaban J connectivity index is 2.37. The monoisotopic (exact) mass is 243 g/mol. The van der Waals surface area contributed by atoms with Crippen molar-refractivity contribution >= 4 is 29.3 Å². The zero-order valence-corrected chi connectivity index (χ0v) is 11.0. The van der Waals surface area contributed by atoms with E-state index >= 15 is 0 Å². The van der Waals surface area contributed by atoms with Crippen molar-refractivity contribution in [2.75, 3.05) is 24.4 Å². The molecule has 1 atom stereocenters. The molecule has 0 saturated carbocycles. The summed E-state index contributed by atoms with van der Waals surface area (Å²) in [5, 5.41) is 5.01. The third-order valence-electron chi connectivity index (χ3n) is 2.11. The van der Waals surface area contributed by atoms with E-state index in [1.165, 1.54) is 0 Å².